The second-order valence-corrected chi connectivity index (χ2v) is 16.9. The topological polar surface area (TPSA) is 210 Å². The Labute approximate surface area is 377 Å². The Morgan fingerprint density at radius 1 is 0.492 bits per heavy atom. The van der Waals surface area contributed by atoms with Crippen molar-refractivity contribution in [1.82, 2.24) is 0 Å². The fraction of sp³-hybridized carbons (Fsp3) is 0.633. The van der Waals surface area contributed by atoms with Gasteiger partial charge >= 0.3 is 19.8 Å². The number of ether oxygens (including phenoxy) is 2. The molecule has 4 unspecified atom stereocenters. The molecule has 1 fully saturated rings. The molecule has 0 radical (unpaired) electrons. The Hall–Kier alpha value is -3.23. The maximum atomic E-state index is 12.8. The van der Waals surface area contributed by atoms with Crippen molar-refractivity contribution in [2.45, 2.75) is 185 Å². The van der Waals surface area contributed by atoms with Crippen LogP contribution in [-0.4, -0.2) is 98.3 Å². The van der Waals surface area contributed by atoms with Gasteiger partial charge in [-0.05, 0) is 77.0 Å². The smallest absolute Gasteiger partial charge is 0.462 e. The zero-order valence-corrected chi connectivity index (χ0v) is 38.7. The van der Waals surface area contributed by atoms with Crippen molar-refractivity contribution in [3.05, 3.63) is 97.2 Å². The van der Waals surface area contributed by atoms with Gasteiger partial charge in [-0.1, -0.05) is 150 Å². The van der Waals surface area contributed by atoms with Gasteiger partial charge < -0.3 is 39.9 Å². The van der Waals surface area contributed by atoms with Gasteiger partial charge in [-0.25, -0.2) is 4.57 Å². The molecule has 63 heavy (non-hydrogen) atoms. The van der Waals surface area contributed by atoms with Gasteiger partial charge in [0.2, 0.25) is 0 Å². The summed E-state index contributed by atoms with van der Waals surface area (Å²) in [6.45, 7) is 3.12. The molecule has 1 saturated carbocycles. The minimum absolute atomic E-state index is 0.0261. The zero-order valence-electron chi connectivity index (χ0n) is 37.8. The molecular formula is C49H79O13P. The molecule has 1 aliphatic rings. The highest BCUT2D eigenvalue weighted by atomic mass is 31.2. The number of hydrogen-bond donors (Lipinski definition) is 6. The largest absolute Gasteiger partial charge is 0.472 e. The van der Waals surface area contributed by atoms with Gasteiger partial charge in [0.25, 0.3) is 0 Å². The third kappa shape index (κ3) is 30.5. The van der Waals surface area contributed by atoms with Gasteiger partial charge in [-0.3, -0.25) is 18.6 Å². The summed E-state index contributed by atoms with van der Waals surface area (Å²) in [5.74, 6) is -1.30. The number of aliphatic hydroxyl groups excluding tert-OH is 5. The number of carbonyl (C=O) groups excluding carboxylic acids is 2. The van der Waals surface area contributed by atoms with Crippen molar-refractivity contribution in [3.8, 4) is 0 Å². The van der Waals surface area contributed by atoms with E-state index in [1.807, 2.05) is 36.5 Å². The van der Waals surface area contributed by atoms with Crippen molar-refractivity contribution in [1.29, 1.82) is 0 Å². The van der Waals surface area contributed by atoms with Crippen molar-refractivity contribution in [2.24, 2.45) is 0 Å². The van der Waals surface area contributed by atoms with Gasteiger partial charge in [0.15, 0.2) is 6.10 Å². The lowest BCUT2D eigenvalue weighted by Gasteiger charge is -2.41. The van der Waals surface area contributed by atoms with E-state index in [1.54, 1.807) is 0 Å². The van der Waals surface area contributed by atoms with Crippen LogP contribution in [-0.2, 0) is 32.7 Å². The number of allylic oxidation sites excluding steroid dienone is 16. The molecule has 0 aromatic carbocycles. The van der Waals surface area contributed by atoms with Crippen molar-refractivity contribution in [3.63, 3.8) is 0 Å². The maximum absolute atomic E-state index is 12.8. The summed E-state index contributed by atoms with van der Waals surface area (Å²) < 4.78 is 33.3. The second kappa shape index (κ2) is 38.1. The third-order valence-electron chi connectivity index (χ3n) is 9.92. The average molecular weight is 907 g/mol. The Morgan fingerprint density at radius 2 is 0.857 bits per heavy atom. The van der Waals surface area contributed by atoms with Crippen LogP contribution in [0.3, 0.4) is 0 Å². The summed E-state index contributed by atoms with van der Waals surface area (Å²) in [7, 11) is -5.16. The molecule has 0 heterocycles. The molecule has 1 rings (SSSR count). The molecule has 0 aromatic rings. The fourth-order valence-corrected chi connectivity index (χ4v) is 7.15. The summed E-state index contributed by atoms with van der Waals surface area (Å²) in [5.41, 5.74) is 0. The van der Waals surface area contributed by atoms with E-state index in [0.717, 1.165) is 38.5 Å². The first kappa shape index (κ1) is 57.8. The Morgan fingerprint density at radius 3 is 1.27 bits per heavy atom. The first-order valence-corrected chi connectivity index (χ1v) is 24.5. The van der Waals surface area contributed by atoms with E-state index in [0.29, 0.717) is 25.7 Å². The van der Waals surface area contributed by atoms with E-state index < -0.39 is 75.7 Å². The van der Waals surface area contributed by atoms with E-state index in [1.165, 1.54) is 51.4 Å². The molecule has 13 nitrogen and oxygen atoms in total. The van der Waals surface area contributed by atoms with Gasteiger partial charge in [0.05, 0.1) is 6.61 Å². The predicted octanol–water partition coefficient (Wildman–Crippen LogP) is 9.05. The molecule has 358 valence electrons. The minimum atomic E-state index is -5.16. The van der Waals surface area contributed by atoms with Crippen LogP contribution in [0.25, 0.3) is 0 Å². The van der Waals surface area contributed by atoms with Gasteiger partial charge in [0, 0.05) is 12.8 Å². The second-order valence-electron chi connectivity index (χ2n) is 15.5. The molecule has 0 saturated heterocycles. The molecular weight excluding hydrogens is 827 g/mol. The maximum Gasteiger partial charge on any atom is 0.472 e. The molecule has 6 N–H and O–H groups in total. The molecule has 1 aliphatic carbocycles. The number of hydrogen-bond acceptors (Lipinski definition) is 12. The van der Waals surface area contributed by atoms with E-state index >= 15 is 0 Å². The minimum Gasteiger partial charge on any atom is -0.462 e. The summed E-state index contributed by atoms with van der Waals surface area (Å²) >= 11 is 0. The van der Waals surface area contributed by atoms with E-state index in [2.05, 4.69) is 74.6 Å². The van der Waals surface area contributed by atoms with Crippen LogP contribution in [0.2, 0.25) is 0 Å². The highest BCUT2D eigenvalue weighted by molar-refractivity contribution is 7.47. The zero-order chi connectivity index (χ0) is 46.4. The van der Waals surface area contributed by atoms with Gasteiger partial charge in [-0.2, -0.15) is 0 Å². The number of phosphoric acid groups is 1. The van der Waals surface area contributed by atoms with Crippen LogP contribution >= 0.6 is 7.82 Å². The Kier molecular flexibility index (Phi) is 34.9. The highest BCUT2D eigenvalue weighted by Crippen LogP contribution is 2.47. The number of aliphatic hydroxyl groups is 5. The summed E-state index contributed by atoms with van der Waals surface area (Å²) in [4.78, 5) is 35.6. The van der Waals surface area contributed by atoms with Gasteiger partial charge in [-0.15, -0.1) is 0 Å². The number of esters is 2. The van der Waals surface area contributed by atoms with Crippen LogP contribution in [0.15, 0.2) is 97.2 Å². The Balaban J connectivity index is 2.58. The van der Waals surface area contributed by atoms with Crippen LogP contribution in [0, 0.1) is 0 Å². The van der Waals surface area contributed by atoms with Crippen molar-refractivity contribution < 1.29 is 63.1 Å². The van der Waals surface area contributed by atoms with Crippen molar-refractivity contribution >= 4 is 19.8 Å². The molecule has 0 bridgehead atoms. The quantitative estimate of drug-likeness (QED) is 0.0150. The van der Waals surface area contributed by atoms with Crippen LogP contribution in [0.4, 0.5) is 0 Å². The average Bonchev–Trinajstić information content (AvgIpc) is 3.26. The summed E-state index contributed by atoms with van der Waals surface area (Å²) in [6, 6.07) is 0. The monoisotopic (exact) mass is 907 g/mol. The van der Waals surface area contributed by atoms with E-state index in [-0.39, 0.29) is 12.8 Å². The lowest BCUT2D eigenvalue weighted by molar-refractivity contribution is -0.220. The third-order valence-corrected chi connectivity index (χ3v) is 10.9. The standard InChI is InChI=1S/C49H79O13P/c1-3-5-7-9-11-13-15-17-19-21-23-25-27-29-31-33-35-37-42(50)59-39-41(40-60-63(57,58)62-49-47(55)45(53)44(52)46(54)48(49)56)61-43(51)38-36-34-32-30-28-26-24-22-20-18-16-14-12-10-8-6-4-2/h13-16,19-22,25-28,31-34,41,44-49,52-56H,3-12,17-18,23-24,29-30,35-40H2,1-2H3,(H,57,58)/b15-13-,16-14-,21-19-,22-20-,27-25-,28-26-,33-31-,34-32-/t41?,44?,45-,46+,47-,48-,49?/m1/s1. The number of phosphoric ester groups is 1. The lowest BCUT2D eigenvalue weighted by Crippen LogP contribution is -2.64. The predicted molar refractivity (Wildman–Crippen MR) is 248 cm³/mol. The number of rotatable bonds is 36. The molecule has 0 spiro atoms. The highest BCUT2D eigenvalue weighted by Gasteiger charge is 2.51. The molecule has 14 heteroatoms. The fourth-order valence-electron chi connectivity index (χ4n) is 6.18. The molecule has 0 aromatic heterocycles. The van der Waals surface area contributed by atoms with Crippen LogP contribution in [0.1, 0.15) is 142 Å². The van der Waals surface area contributed by atoms with E-state index in [4.69, 9.17) is 18.5 Å². The van der Waals surface area contributed by atoms with E-state index in [9.17, 15) is 44.6 Å². The first-order chi connectivity index (χ1) is 30.4. The lowest BCUT2D eigenvalue weighted by atomic mass is 9.85. The molecule has 8 atom stereocenters. The van der Waals surface area contributed by atoms with Crippen LogP contribution < -0.4 is 0 Å². The summed E-state index contributed by atoms with van der Waals surface area (Å²) in [5, 5.41) is 50.1. The SMILES string of the molecule is CCCCCC/C=C\C/C=C\C/C=C\C/C=C\CCC(=O)OCC(COP(=O)(O)OC1[C@H](O)[C@H](O)C(O)[C@H](O)[C@H]1O)OC(=O)CC/C=C\C/C=C\C/C=C\C/C=C\CCCCCC. The number of carbonyl (C=O) groups is 2. The van der Waals surface area contributed by atoms with Crippen molar-refractivity contribution in [2.75, 3.05) is 13.2 Å². The molecule has 0 aliphatic heterocycles. The van der Waals surface area contributed by atoms with Crippen LogP contribution in [0.5, 0.6) is 0 Å². The first-order valence-electron chi connectivity index (χ1n) is 23.0. The Bertz CT molecular complexity index is 1470. The normalized spacial score (nSPS) is 22.6. The summed E-state index contributed by atoms with van der Waals surface area (Å²) in [6.07, 6.45) is 37.7. The molecule has 0 amide bonds. The van der Waals surface area contributed by atoms with Gasteiger partial charge in [0.1, 0.15) is 43.2 Å². The number of unbranched alkanes of at least 4 members (excludes halogenated alkanes) is 8.